The molecular weight excluding hydrogens is 226 g/mol. The molecule has 0 amide bonds. The van der Waals surface area contributed by atoms with E-state index < -0.39 is 0 Å². The number of hydrogen-bond acceptors (Lipinski definition) is 4. The first-order valence-electron chi connectivity index (χ1n) is 6.80. The van der Waals surface area contributed by atoms with Crippen LogP contribution in [-0.2, 0) is 6.54 Å². The second-order valence-corrected chi connectivity index (χ2v) is 4.85. The Kier molecular flexibility index (Phi) is 2.89. The highest BCUT2D eigenvalue weighted by Crippen LogP contribution is 2.40. The molecule has 0 aromatic rings. The number of hydrogen-bond donors (Lipinski definition) is 1. The molecule has 18 heavy (non-hydrogen) atoms. The van der Waals surface area contributed by atoms with E-state index in [1.54, 1.807) is 0 Å². The third kappa shape index (κ3) is 1.94. The van der Waals surface area contributed by atoms with Gasteiger partial charge in [-0.25, -0.2) is 15.0 Å². The Balaban J connectivity index is 2.07. The summed E-state index contributed by atoms with van der Waals surface area (Å²) < 4.78 is 2.11. The van der Waals surface area contributed by atoms with E-state index in [0.29, 0.717) is 5.92 Å². The van der Waals surface area contributed by atoms with Crippen molar-refractivity contribution in [1.29, 1.82) is 0 Å². The van der Waals surface area contributed by atoms with Gasteiger partial charge in [-0.05, 0) is 26.2 Å². The van der Waals surface area contributed by atoms with Crippen LogP contribution in [-0.4, -0.2) is 26.1 Å². The van der Waals surface area contributed by atoms with E-state index in [2.05, 4.69) is 33.7 Å². The summed E-state index contributed by atoms with van der Waals surface area (Å²) in [6.45, 7) is 6.03. The van der Waals surface area contributed by atoms with Gasteiger partial charge in [-0.1, -0.05) is 6.92 Å². The maximum Gasteiger partial charge on any atom is 0.165 e. The number of rotatable bonds is 5. The number of nitrogens with one attached hydrogen (secondary N) is 1. The molecule has 0 spiro atoms. The number of aromatic nitrogens is 4. The van der Waals surface area contributed by atoms with Crippen LogP contribution in [0.5, 0.6) is 0 Å². The number of nitrogens with zero attached hydrogens (tertiary/aromatic N) is 4. The molecule has 0 saturated heterocycles. The average Bonchev–Trinajstić information content (AvgIpc) is 3.12. The lowest BCUT2D eigenvalue weighted by Gasteiger charge is -2.12. The molecule has 5 heteroatoms. The Labute approximate surface area is 107 Å². The first-order valence-corrected chi connectivity index (χ1v) is 6.80. The molecule has 3 aliphatic rings. The topological polar surface area (TPSA) is 55.6 Å². The molecule has 96 valence electrons. The van der Waals surface area contributed by atoms with Crippen LogP contribution < -0.4 is 5.32 Å². The van der Waals surface area contributed by atoms with Crippen LogP contribution in [0.2, 0.25) is 0 Å². The van der Waals surface area contributed by atoms with Crippen LogP contribution in [0.15, 0.2) is 6.33 Å². The van der Waals surface area contributed by atoms with Gasteiger partial charge in [0.2, 0.25) is 0 Å². The third-order valence-corrected chi connectivity index (χ3v) is 3.23. The van der Waals surface area contributed by atoms with Gasteiger partial charge in [-0.3, -0.25) is 0 Å². The van der Waals surface area contributed by atoms with Crippen molar-refractivity contribution in [2.75, 3.05) is 11.9 Å². The Hall–Kier alpha value is -1.65. The van der Waals surface area contributed by atoms with Crippen molar-refractivity contribution in [3.05, 3.63) is 12.2 Å². The van der Waals surface area contributed by atoms with Crippen LogP contribution in [0.25, 0.3) is 11.5 Å². The lowest BCUT2D eigenvalue weighted by molar-refractivity contribution is 0.659. The average molecular weight is 245 g/mol. The lowest BCUT2D eigenvalue weighted by atomic mass is 10.3. The zero-order valence-corrected chi connectivity index (χ0v) is 11.0. The van der Waals surface area contributed by atoms with Gasteiger partial charge in [0.15, 0.2) is 17.3 Å². The predicted molar refractivity (Wildman–Crippen MR) is 70.9 cm³/mol. The van der Waals surface area contributed by atoms with Gasteiger partial charge in [0, 0.05) is 19.0 Å². The van der Waals surface area contributed by atoms with Gasteiger partial charge < -0.3 is 9.88 Å². The summed E-state index contributed by atoms with van der Waals surface area (Å²) in [6.07, 6.45) is 5.41. The van der Waals surface area contributed by atoms with Gasteiger partial charge in [0.25, 0.3) is 0 Å². The quantitative estimate of drug-likeness (QED) is 0.879. The van der Waals surface area contributed by atoms with E-state index in [9.17, 15) is 0 Å². The summed E-state index contributed by atoms with van der Waals surface area (Å²) in [7, 11) is 0. The largest absolute Gasteiger partial charge is 0.368 e. The highest BCUT2D eigenvalue weighted by molar-refractivity contribution is 5.67. The molecule has 5 nitrogen and oxygen atoms in total. The van der Waals surface area contributed by atoms with E-state index in [1.807, 2.05) is 6.33 Å². The fourth-order valence-electron chi connectivity index (χ4n) is 2.18. The molecule has 0 aromatic heterocycles. The molecule has 1 aliphatic carbocycles. The van der Waals surface area contributed by atoms with Crippen molar-refractivity contribution < 1.29 is 0 Å². The van der Waals surface area contributed by atoms with Gasteiger partial charge >= 0.3 is 0 Å². The number of aryl methyl sites for hydroxylation is 1. The molecule has 1 N–H and O–H groups in total. The molecule has 0 aromatic carbocycles. The highest BCUT2D eigenvalue weighted by Gasteiger charge is 2.30. The number of fused-ring (bicyclic) bond motifs is 1. The molecular formula is C13H19N5. The number of anilines is 1. The van der Waals surface area contributed by atoms with Gasteiger partial charge in [-0.15, -0.1) is 0 Å². The minimum Gasteiger partial charge on any atom is -0.368 e. The SMILES string of the molecule is CCCn1cnc(NCC)c2nc(C3CC3)nc1-2. The lowest BCUT2D eigenvalue weighted by Crippen LogP contribution is -2.09. The van der Waals surface area contributed by atoms with Crippen LogP contribution in [0.4, 0.5) is 5.82 Å². The fraction of sp³-hybridized carbons (Fsp3) is 0.615. The molecule has 1 fully saturated rings. The van der Waals surface area contributed by atoms with Crippen LogP contribution in [0, 0.1) is 0 Å². The molecule has 3 rings (SSSR count). The summed E-state index contributed by atoms with van der Waals surface area (Å²) >= 11 is 0. The van der Waals surface area contributed by atoms with E-state index in [-0.39, 0.29) is 0 Å². The second-order valence-electron chi connectivity index (χ2n) is 4.85. The van der Waals surface area contributed by atoms with Crippen LogP contribution in [0.1, 0.15) is 44.9 Å². The molecule has 1 saturated carbocycles. The Bertz CT molecular complexity index is 475. The first-order chi connectivity index (χ1) is 8.83. The Morgan fingerprint density at radius 1 is 1.33 bits per heavy atom. The van der Waals surface area contributed by atoms with Crippen molar-refractivity contribution in [2.45, 2.75) is 45.6 Å². The van der Waals surface area contributed by atoms with Gasteiger partial charge in [0.1, 0.15) is 5.82 Å². The van der Waals surface area contributed by atoms with E-state index in [4.69, 9.17) is 4.98 Å². The van der Waals surface area contributed by atoms with Crippen molar-refractivity contribution in [3.63, 3.8) is 0 Å². The molecule has 0 atom stereocenters. The monoisotopic (exact) mass is 245 g/mol. The minimum atomic E-state index is 0.585. The highest BCUT2D eigenvalue weighted by atomic mass is 15.2. The summed E-state index contributed by atoms with van der Waals surface area (Å²) in [4.78, 5) is 13.8. The molecule has 2 heterocycles. The zero-order valence-electron chi connectivity index (χ0n) is 11.0. The van der Waals surface area contributed by atoms with Crippen molar-refractivity contribution in [2.24, 2.45) is 0 Å². The smallest absolute Gasteiger partial charge is 0.165 e. The van der Waals surface area contributed by atoms with E-state index in [1.165, 1.54) is 12.8 Å². The van der Waals surface area contributed by atoms with E-state index >= 15 is 0 Å². The zero-order chi connectivity index (χ0) is 12.5. The molecule has 2 aliphatic heterocycles. The Morgan fingerprint density at radius 2 is 2.17 bits per heavy atom. The standard InChI is InChI=1S/C13H19N5/c1-3-7-18-8-15-12(14-4-2)10-13(18)17-11(16-10)9-5-6-9/h8-9,14H,3-7H2,1-2H3. The normalized spacial score (nSPS) is 15.2. The Morgan fingerprint density at radius 3 is 2.83 bits per heavy atom. The molecule has 0 unspecified atom stereocenters. The molecule has 0 bridgehead atoms. The van der Waals surface area contributed by atoms with Gasteiger partial charge in [0.05, 0.1) is 6.33 Å². The van der Waals surface area contributed by atoms with Crippen molar-refractivity contribution in [1.82, 2.24) is 19.5 Å². The van der Waals surface area contributed by atoms with Crippen LogP contribution >= 0.6 is 0 Å². The fourth-order valence-corrected chi connectivity index (χ4v) is 2.18. The minimum absolute atomic E-state index is 0.585. The summed E-state index contributed by atoms with van der Waals surface area (Å²) in [5.41, 5.74) is 0.926. The maximum absolute atomic E-state index is 4.71. The van der Waals surface area contributed by atoms with Crippen molar-refractivity contribution >= 4 is 5.82 Å². The summed E-state index contributed by atoms with van der Waals surface area (Å²) in [6, 6.07) is 0. The van der Waals surface area contributed by atoms with E-state index in [0.717, 1.165) is 42.7 Å². The predicted octanol–water partition coefficient (Wildman–Crippen LogP) is 2.50. The number of imidazole rings is 1. The maximum atomic E-state index is 4.71. The second kappa shape index (κ2) is 4.55. The third-order valence-electron chi connectivity index (χ3n) is 3.23. The first kappa shape index (κ1) is 11.4. The summed E-state index contributed by atoms with van der Waals surface area (Å²) in [5, 5.41) is 3.27. The molecule has 0 radical (unpaired) electrons. The van der Waals surface area contributed by atoms with Crippen molar-refractivity contribution in [3.8, 4) is 11.5 Å². The van der Waals surface area contributed by atoms with Crippen LogP contribution in [0.3, 0.4) is 0 Å². The van der Waals surface area contributed by atoms with Gasteiger partial charge in [-0.2, -0.15) is 0 Å². The summed E-state index contributed by atoms with van der Waals surface area (Å²) in [5.74, 6) is 3.42.